The number of likely N-dealkylation sites (N-methyl/N-ethyl adjacent to an activating group) is 1. The summed E-state index contributed by atoms with van der Waals surface area (Å²) in [6, 6.07) is 1.55. The van der Waals surface area contributed by atoms with Crippen LogP contribution in [0.25, 0.3) is 0 Å². The highest BCUT2D eigenvalue weighted by atomic mass is 16.2. The van der Waals surface area contributed by atoms with Crippen molar-refractivity contribution in [3.63, 3.8) is 0 Å². The van der Waals surface area contributed by atoms with Crippen molar-refractivity contribution in [1.82, 2.24) is 15.5 Å². The normalized spacial score (nSPS) is 11.4. The van der Waals surface area contributed by atoms with Crippen molar-refractivity contribution < 1.29 is 9.59 Å². The topological polar surface area (TPSA) is 85.2 Å². The van der Waals surface area contributed by atoms with Gasteiger partial charge in [0.15, 0.2) is 0 Å². The van der Waals surface area contributed by atoms with Crippen LogP contribution in [0, 0.1) is 11.3 Å². The molecular formula is C11H20N4O2. The van der Waals surface area contributed by atoms with Crippen LogP contribution in [0.15, 0.2) is 0 Å². The van der Waals surface area contributed by atoms with Crippen molar-refractivity contribution in [1.29, 1.82) is 5.26 Å². The monoisotopic (exact) mass is 240 g/mol. The van der Waals surface area contributed by atoms with Crippen molar-refractivity contribution >= 4 is 11.8 Å². The molecule has 17 heavy (non-hydrogen) atoms. The highest BCUT2D eigenvalue weighted by molar-refractivity contribution is 5.83. The highest BCUT2D eigenvalue weighted by Gasteiger charge is 2.16. The fourth-order valence-corrected chi connectivity index (χ4v) is 1.14. The van der Waals surface area contributed by atoms with Crippen LogP contribution in [0.4, 0.5) is 0 Å². The predicted octanol–water partition coefficient (Wildman–Crippen LogP) is -0.527. The fraction of sp³-hybridized carbons (Fsp3) is 0.727. The summed E-state index contributed by atoms with van der Waals surface area (Å²) < 4.78 is 0. The Labute approximate surface area is 102 Å². The lowest BCUT2D eigenvalue weighted by atomic mass is 10.3. The van der Waals surface area contributed by atoms with E-state index in [1.165, 1.54) is 0 Å². The first-order chi connectivity index (χ1) is 8.02. The van der Waals surface area contributed by atoms with Crippen LogP contribution in [0.2, 0.25) is 0 Å². The van der Waals surface area contributed by atoms with Gasteiger partial charge >= 0.3 is 0 Å². The maximum absolute atomic E-state index is 11.6. The first-order valence-corrected chi connectivity index (χ1v) is 5.64. The fourth-order valence-electron chi connectivity index (χ4n) is 1.14. The molecule has 0 aromatic rings. The smallest absolute Gasteiger partial charge is 0.239 e. The molecule has 0 saturated carbocycles. The lowest BCUT2D eigenvalue weighted by Crippen LogP contribution is -2.46. The maximum atomic E-state index is 11.6. The average Bonchev–Trinajstić information content (AvgIpc) is 2.34. The minimum atomic E-state index is -0.387. The number of carbonyl (C=O) groups excluding carboxylic acids is 2. The standard InChI is InChI=1S/C11H20N4O2/c1-4-15(3)11(17)9(2)14-8-10(16)13-7-5-6-12/h9,14H,4-5,7-8H2,1-3H3,(H,13,16). The number of carbonyl (C=O) groups is 2. The summed E-state index contributed by atoms with van der Waals surface area (Å²) in [7, 11) is 1.72. The molecule has 0 aliphatic heterocycles. The second-order valence-electron chi connectivity index (χ2n) is 3.71. The molecule has 0 heterocycles. The van der Waals surface area contributed by atoms with E-state index < -0.39 is 0 Å². The molecule has 96 valence electrons. The van der Waals surface area contributed by atoms with Crippen molar-refractivity contribution in [2.24, 2.45) is 0 Å². The second-order valence-corrected chi connectivity index (χ2v) is 3.71. The summed E-state index contributed by atoms with van der Waals surface area (Å²) in [6.45, 7) is 4.67. The lowest BCUT2D eigenvalue weighted by molar-refractivity contribution is -0.131. The molecule has 0 fully saturated rings. The number of nitriles is 1. The Morgan fingerprint density at radius 2 is 2.12 bits per heavy atom. The molecule has 6 heteroatoms. The Morgan fingerprint density at radius 1 is 1.47 bits per heavy atom. The summed E-state index contributed by atoms with van der Waals surface area (Å²) in [4.78, 5) is 24.5. The summed E-state index contributed by atoms with van der Waals surface area (Å²) in [5.74, 6) is -0.253. The van der Waals surface area contributed by atoms with Gasteiger partial charge in [-0.2, -0.15) is 5.26 Å². The van der Waals surface area contributed by atoms with E-state index in [1.807, 2.05) is 13.0 Å². The third-order valence-corrected chi connectivity index (χ3v) is 2.35. The minimum absolute atomic E-state index is 0.0441. The summed E-state index contributed by atoms with van der Waals surface area (Å²) in [6.07, 6.45) is 0.290. The van der Waals surface area contributed by atoms with Crippen LogP contribution in [0.5, 0.6) is 0 Å². The molecule has 0 saturated heterocycles. The van der Waals surface area contributed by atoms with E-state index in [4.69, 9.17) is 5.26 Å². The maximum Gasteiger partial charge on any atom is 0.239 e. The molecule has 0 aromatic heterocycles. The van der Waals surface area contributed by atoms with Crippen LogP contribution in [-0.4, -0.2) is 49.4 Å². The number of amides is 2. The van der Waals surface area contributed by atoms with Crippen molar-refractivity contribution in [3.8, 4) is 6.07 Å². The zero-order valence-electron chi connectivity index (χ0n) is 10.6. The largest absolute Gasteiger partial charge is 0.354 e. The van der Waals surface area contributed by atoms with Gasteiger partial charge in [-0.15, -0.1) is 0 Å². The van der Waals surface area contributed by atoms with Gasteiger partial charge in [0, 0.05) is 20.1 Å². The van der Waals surface area contributed by atoms with Gasteiger partial charge in [0.25, 0.3) is 0 Å². The number of hydrogen-bond acceptors (Lipinski definition) is 4. The molecule has 0 aliphatic rings. The molecule has 0 aliphatic carbocycles. The highest BCUT2D eigenvalue weighted by Crippen LogP contribution is 1.90. The molecule has 0 spiro atoms. The Morgan fingerprint density at radius 3 is 2.65 bits per heavy atom. The average molecular weight is 240 g/mol. The quantitative estimate of drug-likeness (QED) is 0.586. The molecule has 0 bridgehead atoms. The van der Waals surface area contributed by atoms with E-state index in [9.17, 15) is 9.59 Å². The molecule has 6 nitrogen and oxygen atoms in total. The van der Waals surface area contributed by atoms with E-state index in [0.29, 0.717) is 19.5 Å². The van der Waals surface area contributed by atoms with E-state index in [0.717, 1.165) is 0 Å². The molecular weight excluding hydrogens is 220 g/mol. The third kappa shape index (κ3) is 6.53. The van der Waals surface area contributed by atoms with E-state index >= 15 is 0 Å². The molecule has 1 unspecified atom stereocenters. The van der Waals surface area contributed by atoms with Gasteiger partial charge in [0.05, 0.1) is 25.1 Å². The van der Waals surface area contributed by atoms with Crippen LogP contribution >= 0.6 is 0 Å². The van der Waals surface area contributed by atoms with Gasteiger partial charge in [0.2, 0.25) is 11.8 Å². The van der Waals surface area contributed by atoms with Crippen LogP contribution in [0.1, 0.15) is 20.3 Å². The first-order valence-electron chi connectivity index (χ1n) is 5.64. The van der Waals surface area contributed by atoms with Gasteiger partial charge in [0.1, 0.15) is 0 Å². The zero-order chi connectivity index (χ0) is 13.3. The zero-order valence-corrected chi connectivity index (χ0v) is 10.6. The Kier molecular flexibility index (Phi) is 7.72. The molecule has 0 rings (SSSR count). The molecule has 1 atom stereocenters. The first kappa shape index (κ1) is 15.4. The van der Waals surface area contributed by atoms with Gasteiger partial charge in [-0.25, -0.2) is 0 Å². The van der Waals surface area contributed by atoms with Gasteiger partial charge < -0.3 is 10.2 Å². The Balaban J connectivity index is 3.84. The van der Waals surface area contributed by atoms with Gasteiger partial charge in [-0.05, 0) is 13.8 Å². The summed E-state index contributed by atoms with van der Waals surface area (Å²) >= 11 is 0. The van der Waals surface area contributed by atoms with Gasteiger partial charge in [-0.1, -0.05) is 0 Å². The molecule has 2 N–H and O–H groups in total. The van der Waals surface area contributed by atoms with E-state index in [-0.39, 0.29) is 24.4 Å². The third-order valence-electron chi connectivity index (χ3n) is 2.35. The molecule has 0 radical (unpaired) electrons. The molecule has 0 aromatic carbocycles. The number of rotatable bonds is 7. The Bertz CT molecular complexity index is 298. The van der Waals surface area contributed by atoms with Crippen molar-refractivity contribution in [2.75, 3.05) is 26.7 Å². The van der Waals surface area contributed by atoms with Gasteiger partial charge in [-0.3, -0.25) is 14.9 Å². The second kappa shape index (κ2) is 8.53. The Hall–Kier alpha value is -1.61. The van der Waals surface area contributed by atoms with Crippen LogP contribution in [-0.2, 0) is 9.59 Å². The van der Waals surface area contributed by atoms with E-state index in [1.54, 1.807) is 18.9 Å². The van der Waals surface area contributed by atoms with Crippen LogP contribution < -0.4 is 10.6 Å². The number of hydrogen-bond donors (Lipinski definition) is 2. The van der Waals surface area contributed by atoms with Crippen molar-refractivity contribution in [3.05, 3.63) is 0 Å². The molecule has 2 amide bonds. The van der Waals surface area contributed by atoms with Crippen molar-refractivity contribution in [2.45, 2.75) is 26.3 Å². The number of nitrogens with one attached hydrogen (secondary N) is 2. The summed E-state index contributed by atoms with van der Waals surface area (Å²) in [5.41, 5.74) is 0. The van der Waals surface area contributed by atoms with Crippen LogP contribution in [0.3, 0.4) is 0 Å². The number of nitrogens with zero attached hydrogens (tertiary/aromatic N) is 2. The predicted molar refractivity (Wildman–Crippen MR) is 64.0 cm³/mol. The SMILES string of the molecule is CCN(C)C(=O)C(C)NCC(=O)NCCC#N. The van der Waals surface area contributed by atoms with E-state index in [2.05, 4.69) is 10.6 Å². The summed E-state index contributed by atoms with van der Waals surface area (Å²) in [5, 5.41) is 13.7. The lowest BCUT2D eigenvalue weighted by Gasteiger charge is -2.20. The minimum Gasteiger partial charge on any atom is -0.354 e.